The lowest BCUT2D eigenvalue weighted by Crippen LogP contribution is -2.40. The summed E-state index contributed by atoms with van der Waals surface area (Å²) in [5, 5.41) is 10.5. The van der Waals surface area contributed by atoms with E-state index in [1.165, 1.54) is 24.5 Å². The highest BCUT2D eigenvalue weighted by molar-refractivity contribution is 7.18. The topological polar surface area (TPSA) is 102 Å². The molecule has 2 amide bonds. The molecule has 0 bridgehead atoms. The van der Waals surface area contributed by atoms with Crippen LogP contribution in [0.1, 0.15) is 29.0 Å². The van der Waals surface area contributed by atoms with E-state index in [-0.39, 0.29) is 42.4 Å². The molecule has 1 N–H and O–H groups in total. The van der Waals surface area contributed by atoms with Crippen LogP contribution in [0.5, 0.6) is 5.75 Å². The van der Waals surface area contributed by atoms with Crippen molar-refractivity contribution in [1.29, 1.82) is 0 Å². The molecule has 5 aromatic rings. The maximum atomic E-state index is 16.1. The monoisotopic (exact) mass is 700 g/mol. The van der Waals surface area contributed by atoms with E-state index in [4.69, 9.17) is 19.6 Å². The number of halogens is 2. The number of thiophene rings is 1. The van der Waals surface area contributed by atoms with Crippen LogP contribution in [-0.4, -0.2) is 90.4 Å². The molecule has 1 aliphatic rings. The first-order valence-electron chi connectivity index (χ1n) is 16.2. The number of aromatic nitrogens is 3. The van der Waals surface area contributed by atoms with E-state index < -0.39 is 11.6 Å². The predicted molar refractivity (Wildman–Crippen MR) is 190 cm³/mol. The maximum absolute atomic E-state index is 16.1. The summed E-state index contributed by atoms with van der Waals surface area (Å²) in [7, 11) is 5.40. The predicted octanol–water partition coefficient (Wildman–Crippen LogP) is 6.18. The van der Waals surface area contributed by atoms with Gasteiger partial charge in [0, 0.05) is 65.7 Å². The van der Waals surface area contributed by atoms with Gasteiger partial charge in [-0.05, 0) is 56.7 Å². The standard InChI is InChI=1S/C37H38F2N6O4S/c1-6-31(46)44-14-15-45-29(22(44)2)21-28(42-45)35-33(32-27(39)19-25(38)20-30(32)49-17-16-48-5)36-26(11-18-50-36)34(41-35)23-7-9-24(10-8-23)37(47)40-12-13-43(3)4/h6-11,18-22H,1,12-17H2,2-5H3,(H,40,47). The van der Waals surface area contributed by atoms with Crippen molar-refractivity contribution in [2.24, 2.45) is 0 Å². The summed E-state index contributed by atoms with van der Waals surface area (Å²) in [6, 6.07) is 12.6. The zero-order valence-corrected chi connectivity index (χ0v) is 29.2. The maximum Gasteiger partial charge on any atom is 0.251 e. The second-order valence-corrected chi connectivity index (χ2v) is 13.1. The first kappa shape index (κ1) is 34.9. The third kappa shape index (κ3) is 6.89. The van der Waals surface area contributed by atoms with Gasteiger partial charge in [-0.25, -0.2) is 13.8 Å². The number of rotatable bonds is 12. The summed E-state index contributed by atoms with van der Waals surface area (Å²) in [6.45, 7) is 7.95. The molecule has 50 heavy (non-hydrogen) atoms. The van der Waals surface area contributed by atoms with Crippen molar-refractivity contribution in [1.82, 2.24) is 29.9 Å². The minimum Gasteiger partial charge on any atom is -0.490 e. The fraction of sp³-hybridized carbons (Fsp3) is 0.297. The molecule has 3 aromatic heterocycles. The third-order valence-electron chi connectivity index (χ3n) is 8.65. The molecule has 0 fully saturated rings. The number of amides is 2. The van der Waals surface area contributed by atoms with E-state index in [2.05, 4.69) is 11.9 Å². The van der Waals surface area contributed by atoms with Gasteiger partial charge in [-0.1, -0.05) is 18.7 Å². The first-order chi connectivity index (χ1) is 24.1. The van der Waals surface area contributed by atoms with Crippen molar-refractivity contribution in [2.45, 2.75) is 19.5 Å². The molecule has 0 spiro atoms. The van der Waals surface area contributed by atoms with Crippen molar-refractivity contribution in [3.63, 3.8) is 0 Å². The number of likely N-dealkylation sites (N-methyl/N-ethyl adjacent to an activating group) is 1. The second kappa shape index (κ2) is 14.9. The molecule has 0 radical (unpaired) electrons. The van der Waals surface area contributed by atoms with Crippen LogP contribution >= 0.6 is 11.3 Å². The molecule has 6 rings (SSSR count). The average molecular weight is 701 g/mol. The van der Waals surface area contributed by atoms with Gasteiger partial charge in [0.25, 0.3) is 5.91 Å². The van der Waals surface area contributed by atoms with Gasteiger partial charge in [-0.15, -0.1) is 11.3 Å². The molecular weight excluding hydrogens is 663 g/mol. The number of benzene rings is 2. The molecule has 4 heterocycles. The molecule has 0 aliphatic carbocycles. The van der Waals surface area contributed by atoms with Gasteiger partial charge in [-0.3, -0.25) is 14.3 Å². The van der Waals surface area contributed by atoms with E-state index in [1.807, 2.05) is 60.2 Å². The number of pyridine rings is 1. The lowest BCUT2D eigenvalue weighted by molar-refractivity contribution is -0.129. The van der Waals surface area contributed by atoms with E-state index in [0.29, 0.717) is 59.1 Å². The Kier molecular flexibility index (Phi) is 10.4. The summed E-state index contributed by atoms with van der Waals surface area (Å²) >= 11 is 1.39. The number of hydrogen-bond acceptors (Lipinski definition) is 8. The van der Waals surface area contributed by atoms with Crippen LogP contribution in [0.4, 0.5) is 8.78 Å². The quantitative estimate of drug-likeness (QED) is 0.123. The zero-order valence-electron chi connectivity index (χ0n) is 28.3. The number of carbonyl (C=O) groups excluding carboxylic acids is 2. The SMILES string of the molecule is C=CC(=O)N1CCn2nc(-c3nc(-c4ccc(C(=O)NCCN(C)C)cc4)c4ccsc4c3-c3c(F)cc(F)cc3OCCOC)cc2C1C. The number of carbonyl (C=O) groups is 2. The minimum atomic E-state index is -0.812. The van der Waals surface area contributed by atoms with Crippen molar-refractivity contribution in [3.8, 4) is 39.5 Å². The molecule has 260 valence electrons. The second-order valence-electron chi connectivity index (χ2n) is 12.2. The molecule has 1 aliphatic heterocycles. The van der Waals surface area contributed by atoms with Crippen molar-refractivity contribution >= 4 is 33.2 Å². The van der Waals surface area contributed by atoms with Gasteiger partial charge in [0.2, 0.25) is 5.91 Å². The van der Waals surface area contributed by atoms with E-state index in [1.54, 1.807) is 17.0 Å². The largest absolute Gasteiger partial charge is 0.490 e. The van der Waals surface area contributed by atoms with Gasteiger partial charge in [-0.2, -0.15) is 5.10 Å². The summed E-state index contributed by atoms with van der Waals surface area (Å²) in [5.74, 6) is -1.95. The molecule has 2 aromatic carbocycles. The first-order valence-corrected chi connectivity index (χ1v) is 17.1. The molecule has 0 saturated heterocycles. The third-order valence-corrected chi connectivity index (χ3v) is 9.58. The molecule has 1 unspecified atom stereocenters. The van der Waals surface area contributed by atoms with Crippen molar-refractivity contribution in [3.05, 3.63) is 89.5 Å². The van der Waals surface area contributed by atoms with E-state index in [0.717, 1.165) is 28.8 Å². The lowest BCUT2D eigenvalue weighted by Gasteiger charge is -2.33. The van der Waals surface area contributed by atoms with Crippen molar-refractivity contribution in [2.75, 3.05) is 54.1 Å². The van der Waals surface area contributed by atoms with Gasteiger partial charge in [0.05, 0.1) is 36.1 Å². The highest BCUT2D eigenvalue weighted by atomic mass is 32.1. The fourth-order valence-corrected chi connectivity index (χ4v) is 7.06. The number of fused-ring (bicyclic) bond motifs is 2. The Balaban J connectivity index is 1.53. The fourth-order valence-electron chi connectivity index (χ4n) is 6.11. The van der Waals surface area contributed by atoms with E-state index >= 15 is 4.39 Å². The Bertz CT molecular complexity index is 2060. The zero-order chi connectivity index (χ0) is 35.5. The highest BCUT2D eigenvalue weighted by Gasteiger charge is 2.31. The smallest absolute Gasteiger partial charge is 0.251 e. The molecule has 0 saturated carbocycles. The Morgan fingerprint density at radius 3 is 2.58 bits per heavy atom. The molecule has 1 atom stereocenters. The summed E-state index contributed by atoms with van der Waals surface area (Å²) < 4.78 is 44.3. The van der Waals surface area contributed by atoms with E-state index in [9.17, 15) is 14.0 Å². The molecule has 10 nitrogen and oxygen atoms in total. The van der Waals surface area contributed by atoms with Gasteiger partial charge in [0.1, 0.15) is 35.4 Å². The Morgan fingerprint density at radius 2 is 1.86 bits per heavy atom. The van der Waals surface area contributed by atoms with Crippen LogP contribution in [0.2, 0.25) is 0 Å². The van der Waals surface area contributed by atoms with Crippen LogP contribution in [-0.2, 0) is 16.1 Å². The number of nitrogens with one attached hydrogen (secondary N) is 1. The Labute approximate surface area is 292 Å². The highest BCUT2D eigenvalue weighted by Crippen LogP contribution is 2.47. The van der Waals surface area contributed by atoms with Crippen LogP contribution in [0.25, 0.3) is 43.9 Å². The van der Waals surface area contributed by atoms with Crippen LogP contribution in [0.15, 0.2) is 66.6 Å². The summed E-state index contributed by atoms with van der Waals surface area (Å²) in [4.78, 5) is 34.3. The van der Waals surface area contributed by atoms with Gasteiger partial charge in [0.15, 0.2) is 0 Å². The van der Waals surface area contributed by atoms with Gasteiger partial charge < -0.3 is 24.6 Å². The minimum absolute atomic E-state index is 0.00905. The number of methoxy groups -OCH3 is 1. The van der Waals surface area contributed by atoms with Crippen LogP contribution in [0.3, 0.4) is 0 Å². The Morgan fingerprint density at radius 1 is 1.08 bits per heavy atom. The normalized spacial score (nSPS) is 14.2. The molecule has 13 heteroatoms. The number of hydrogen-bond donors (Lipinski definition) is 1. The average Bonchev–Trinajstić information content (AvgIpc) is 3.76. The van der Waals surface area contributed by atoms with Crippen LogP contribution in [0, 0.1) is 11.6 Å². The summed E-state index contributed by atoms with van der Waals surface area (Å²) in [5.41, 5.74) is 3.90. The molecular formula is C37H38F2N6O4S. The number of ether oxygens (including phenoxy) is 2. The lowest BCUT2D eigenvalue weighted by atomic mass is 9.96. The summed E-state index contributed by atoms with van der Waals surface area (Å²) in [6.07, 6.45) is 1.29. The van der Waals surface area contributed by atoms with Crippen molar-refractivity contribution < 1.29 is 27.8 Å². The van der Waals surface area contributed by atoms with Crippen LogP contribution < -0.4 is 10.1 Å². The van der Waals surface area contributed by atoms with Gasteiger partial charge >= 0.3 is 0 Å². The number of nitrogens with zero attached hydrogens (tertiary/aromatic N) is 5. The Hall–Kier alpha value is -4.98.